The van der Waals surface area contributed by atoms with Crippen LogP contribution in [0.25, 0.3) is 0 Å². The third-order valence-corrected chi connectivity index (χ3v) is 6.44. The normalized spacial score (nSPS) is 11.2. The minimum absolute atomic E-state index is 0.117. The highest BCUT2D eigenvalue weighted by atomic mass is 32.2. The summed E-state index contributed by atoms with van der Waals surface area (Å²) in [6.07, 6.45) is 3.12. The number of hydrogen-bond donors (Lipinski definition) is 2. The van der Waals surface area contributed by atoms with Gasteiger partial charge in [0.05, 0.1) is 18.2 Å². The van der Waals surface area contributed by atoms with Crippen LogP contribution in [0.15, 0.2) is 84.0 Å². The molecule has 3 aromatic rings. The van der Waals surface area contributed by atoms with E-state index in [2.05, 4.69) is 15.8 Å². The van der Waals surface area contributed by atoms with Gasteiger partial charge in [-0.15, -0.1) is 0 Å². The number of carbonyl (C=O) groups excluding carboxylic acids is 2. The molecule has 0 aliphatic carbocycles. The van der Waals surface area contributed by atoms with E-state index >= 15 is 0 Å². The quantitative estimate of drug-likeness (QED) is 0.280. The first-order valence-corrected chi connectivity index (χ1v) is 13.5. The Kier molecular flexibility index (Phi) is 9.79. The van der Waals surface area contributed by atoms with Crippen LogP contribution in [0.3, 0.4) is 0 Å². The van der Waals surface area contributed by atoms with Crippen LogP contribution in [0.5, 0.6) is 5.75 Å². The molecule has 10 heteroatoms. The van der Waals surface area contributed by atoms with Crippen LogP contribution in [0.1, 0.15) is 23.6 Å². The molecular weight excluding hydrogens is 492 g/mol. The number of para-hydroxylation sites is 1. The van der Waals surface area contributed by atoms with E-state index in [1.807, 2.05) is 49.4 Å². The van der Waals surface area contributed by atoms with Crippen molar-refractivity contribution in [1.29, 1.82) is 0 Å². The van der Waals surface area contributed by atoms with E-state index in [0.29, 0.717) is 30.0 Å². The summed E-state index contributed by atoms with van der Waals surface area (Å²) in [7, 11) is -3.68. The molecule has 37 heavy (non-hydrogen) atoms. The van der Waals surface area contributed by atoms with Crippen LogP contribution >= 0.6 is 0 Å². The second kappa shape index (κ2) is 13.2. The average molecular weight is 523 g/mol. The second-order valence-corrected chi connectivity index (χ2v) is 10.1. The fourth-order valence-electron chi connectivity index (χ4n) is 3.43. The average Bonchev–Trinajstić information content (AvgIpc) is 2.90. The van der Waals surface area contributed by atoms with Crippen LogP contribution in [0, 0.1) is 0 Å². The summed E-state index contributed by atoms with van der Waals surface area (Å²) in [5.74, 6) is -0.301. The summed E-state index contributed by atoms with van der Waals surface area (Å²) in [5.41, 5.74) is 5.33. The SMILES string of the molecule is CCc1ccccc1N(CC(=O)N/N=C\c1ccc(OCC(=O)NCc2ccccc2)cc1)S(C)(=O)=O. The number of ether oxygens (including phenoxy) is 1. The van der Waals surface area contributed by atoms with Gasteiger partial charge in [-0.25, -0.2) is 13.8 Å². The highest BCUT2D eigenvalue weighted by molar-refractivity contribution is 7.92. The van der Waals surface area contributed by atoms with Crippen molar-refractivity contribution in [1.82, 2.24) is 10.7 Å². The van der Waals surface area contributed by atoms with Gasteiger partial charge >= 0.3 is 0 Å². The van der Waals surface area contributed by atoms with Gasteiger partial charge in [-0.2, -0.15) is 5.10 Å². The molecular formula is C27H30N4O5S. The number of sulfonamides is 1. The first-order valence-electron chi connectivity index (χ1n) is 11.7. The highest BCUT2D eigenvalue weighted by Crippen LogP contribution is 2.23. The van der Waals surface area contributed by atoms with Crippen molar-refractivity contribution in [2.45, 2.75) is 19.9 Å². The molecule has 0 heterocycles. The van der Waals surface area contributed by atoms with Crippen LogP contribution in [-0.4, -0.2) is 45.9 Å². The molecule has 2 N–H and O–H groups in total. The summed E-state index contributed by atoms with van der Waals surface area (Å²) in [5, 5.41) is 6.71. The van der Waals surface area contributed by atoms with Gasteiger partial charge in [0.15, 0.2) is 6.61 Å². The first kappa shape index (κ1) is 27.4. The second-order valence-electron chi connectivity index (χ2n) is 8.17. The van der Waals surface area contributed by atoms with Crippen molar-refractivity contribution < 1.29 is 22.7 Å². The number of nitrogens with zero attached hydrogens (tertiary/aromatic N) is 2. The van der Waals surface area contributed by atoms with Crippen LogP contribution in [-0.2, 0) is 32.6 Å². The largest absolute Gasteiger partial charge is 0.484 e. The van der Waals surface area contributed by atoms with E-state index in [0.717, 1.165) is 21.7 Å². The Morgan fingerprint density at radius 3 is 2.30 bits per heavy atom. The molecule has 194 valence electrons. The topological polar surface area (TPSA) is 117 Å². The van der Waals surface area contributed by atoms with Crippen molar-refractivity contribution in [3.8, 4) is 5.75 Å². The lowest BCUT2D eigenvalue weighted by Gasteiger charge is -2.23. The summed E-state index contributed by atoms with van der Waals surface area (Å²) < 4.78 is 31.2. The smallest absolute Gasteiger partial charge is 0.260 e. The third kappa shape index (κ3) is 8.76. The Balaban J connectivity index is 1.48. The van der Waals surface area contributed by atoms with E-state index < -0.39 is 22.5 Å². The molecule has 9 nitrogen and oxygen atoms in total. The molecule has 0 radical (unpaired) electrons. The van der Waals surface area contributed by atoms with Gasteiger partial charge in [0, 0.05) is 6.54 Å². The van der Waals surface area contributed by atoms with Gasteiger partial charge in [0.25, 0.3) is 11.8 Å². The fraction of sp³-hybridized carbons (Fsp3) is 0.222. The first-order chi connectivity index (χ1) is 17.8. The Morgan fingerprint density at radius 2 is 1.62 bits per heavy atom. The van der Waals surface area contributed by atoms with Crippen molar-refractivity contribution in [3.63, 3.8) is 0 Å². The maximum atomic E-state index is 12.4. The number of hydrogen-bond acceptors (Lipinski definition) is 6. The number of hydrazone groups is 1. The lowest BCUT2D eigenvalue weighted by molar-refractivity contribution is -0.123. The highest BCUT2D eigenvalue weighted by Gasteiger charge is 2.22. The Labute approximate surface area is 217 Å². The minimum atomic E-state index is -3.68. The molecule has 0 saturated carbocycles. The number of benzene rings is 3. The number of amides is 2. The molecule has 0 saturated heterocycles. The molecule has 0 aliphatic rings. The van der Waals surface area contributed by atoms with E-state index in [1.54, 1.807) is 36.4 Å². The van der Waals surface area contributed by atoms with Crippen molar-refractivity contribution in [3.05, 3.63) is 95.6 Å². The summed E-state index contributed by atoms with van der Waals surface area (Å²) in [4.78, 5) is 24.4. The van der Waals surface area contributed by atoms with E-state index in [-0.39, 0.29) is 12.5 Å². The van der Waals surface area contributed by atoms with Crippen molar-refractivity contribution >= 4 is 33.7 Å². The molecule has 3 aromatic carbocycles. The predicted octanol–water partition coefficient (Wildman–Crippen LogP) is 2.86. The van der Waals surface area contributed by atoms with Crippen LogP contribution in [0.2, 0.25) is 0 Å². The minimum Gasteiger partial charge on any atom is -0.484 e. The molecule has 2 amide bonds. The molecule has 0 atom stereocenters. The summed E-state index contributed by atoms with van der Waals surface area (Å²) in [6.45, 7) is 1.83. The Bertz CT molecular complexity index is 1330. The molecule has 3 rings (SSSR count). The third-order valence-electron chi connectivity index (χ3n) is 5.31. The van der Waals surface area contributed by atoms with E-state index in [4.69, 9.17) is 4.74 Å². The fourth-order valence-corrected chi connectivity index (χ4v) is 4.31. The number of anilines is 1. The maximum Gasteiger partial charge on any atom is 0.260 e. The molecule has 0 fully saturated rings. The summed E-state index contributed by atoms with van der Waals surface area (Å²) >= 11 is 0. The zero-order chi connectivity index (χ0) is 26.7. The van der Waals surface area contributed by atoms with E-state index in [1.165, 1.54) is 6.21 Å². The zero-order valence-electron chi connectivity index (χ0n) is 20.8. The van der Waals surface area contributed by atoms with Gasteiger partial charge in [-0.1, -0.05) is 55.5 Å². The van der Waals surface area contributed by atoms with Crippen molar-refractivity contribution in [2.24, 2.45) is 5.10 Å². The summed E-state index contributed by atoms with van der Waals surface area (Å²) in [6, 6.07) is 23.4. The van der Waals surface area contributed by atoms with Crippen LogP contribution in [0.4, 0.5) is 5.69 Å². The van der Waals surface area contributed by atoms with Gasteiger partial charge in [0.1, 0.15) is 12.3 Å². The molecule has 0 spiro atoms. The lowest BCUT2D eigenvalue weighted by atomic mass is 10.1. The van der Waals surface area contributed by atoms with Gasteiger partial charge < -0.3 is 10.1 Å². The number of nitrogens with one attached hydrogen (secondary N) is 2. The van der Waals surface area contributed by atoms with E-state index in [9.17, 15) is 18.0 Å². The monoisotopic (exact) mass is 522 g/mol. The molecule has 0 bridgehead atoms. The maximum absolute atomic E-state index is 12.4. The number of aryl methyl sites for hydroxylation is 1. The van der Waals surface area contributed by atoms with Gasteiger partial charge in [0.2, 0.25) is 10.0 Å². The Morgan fingerprint density at radius 1 is 0.946 bits per heavy atom. The lowest BCUT2D eigenvalue weighted by Crippen LogP contribution is -2.39. The van der Waals surface area contributed by atoms with Crippen molar-refractivity contribution in [2.75, 3.05) is 23.7 Å². The predicted molar refractivity (Wildman–Crippen MR) is 144 cm³/mol. The molecule has 0 unspecified atom stereocenters. The van der Waals surface area contributed by atoms with Gasteiger partial charge in [-0.3, -0.25) is 13.9 Å². The number of carbonyl (C=O) groups is 2. The van der Waals surface area contributed by atoms with Crippen LogP contribution < -0.4 is 19.8 Å². The zero-order valence-corrected chi connectivity index (χ0v) is 21.6. The standard InChI is InChI=1S/C27H30N4O5S/c1-3-23-11-7-8-12-25(23)31(37(2,34)35)19-26(32)30-29-18-22-13-15-24(16-14-22)36-20-27(33)28-17-21-9-5-4-6-10-21/h4-16,18H,3,17,19-20H2,1-2H3,(H,28,33)(H,30,32)/b29-18-. The Hall–Kier alpha value is -4.18. The molecule has 0 aliphatic heterocycles. The molecule has 0 aromatic heterocycles. The van der Waals surface area contributed by atoms with Gasteiger partial charge in [-0.05, 0) is 53.4 Å². The number of rotatable bonds is 12.